The van der Waals surface area contributed by atoms with Gasteiger partial charge < -0.3 is 10.1 Å². The molecule has 1 fully saturated rings. The average molecular weight is 466 g/mol. The van der Waals surface area contributed by atoms with Crippen molar-refractivity contribution in [2.45, 2.75) is 0 Å². The smallest absolute Gasteiger partial charge is 0.295 e. The fraction of sp³-hybridized carbons (Fsp3) is 0.111. The molecule has 2 amide bonds. The molecule has 1 heterocycles. The molecule has 5 nitrogen and oxygen atoms in total. The van der Waals surface area contributed by atoms with Crippen LogP contribution in [0.2, 0.25) is 0 Å². The SMILES string of the molecule is COc1ccccc1NCN1C(=O)S/C(=C/c2ccc(I)cc2)C1=O. The molecule has 0 radical (unpaired) electrons. The molecule has 128 valence electrons. The first-order valence-electron chi connectivity index (χ1n) is 7.46. The highest BCUT2D eigenvalue weighted by molar-refractivity contribution is 14.1. The first kappa shape index (κ1) is 17.8. The molecule has 1 aliphatic heterocycles. The summed E-state index contributed by atoms with van der Waals surface area (Å²) in [5, 5.41) is 2.79. The maximum absolute atomic E-state index is 12.5. The second kappa shape index (κ2) is 7.92. The van der Waals surface area contributed by atoms with Crippen LogP contribution in [-0.2, 0) is 4.79 Å². The van der Waals surface area contributed by atoms with E-state index in [9.17, 15) is 9.59 Å². The van der Waals surface area contributed by atoms with Crippen molar-refractivity contribution in [1.29, 1.82) is 0 Å². The number of benzene rings is 2. The highest BCUT2D eigenvalue weighted by Gasteiger charge is 2.34. The van der Waals surface area contributed by atoms with Crippen molar-refractivity contribution < 1.29 is 14.3 Å². The summed E-state index contributed by atoms with van der Waals surface area (Å²) >= 11 is 3.17. The quantitative estimate of drug-likeness (QED) is 0.523. The van der Waals surface area contributed by atoms with Crippen molar-refractivity contribution in [3.8, 4) is 5.75 Å². The summed E-state index contributed by atoms with van der Waals surface area (Å²) < 4.78 is 6.37. The van der Waals surface area contributed by atoms with E-state index in [2.05, 4.69) is 27.9 Å². The molecule has 1 saturated heterocycles. The van der Waals surface area contributed by atoms with E-state index >= 15 is 0 Å². The lowest BCUT2D eigenvalue weighted by Crippen LogP contribution is -2.33. The summed E-state index contributed by atoms with van der Waals surface area (Å²) in [6, 6.07) is 15.1. The van der Waals surface area contributed by atoms with Gasteiger partial charge in [-0.25, -0.2) is 0 Å². The van der Waals surface area contributed by atoms with E-state index in [4.69, 9.17) is 4.74 Å². The summed E-state index contributed by atoms with van der Waals surface area (Å²) in [7, 11) is 1.57. The normalized spacial score (nSPS) is 15.8. The van der Waals surface area contributed by atoms with Gasteiger partial charge >= 0.3 is 0 Å². The lowest BCUT2D eigenvalue weighted by atomic mass is 10.2. The molecule has 0 atom stereocenters. The molecule has 2 aromatic carbocycles. The number of ether oxygens (including phenoxy) is 1. The van der Waals surface area contributed by atoms with Crippen LogP contribution in [0.5, 0.6) is 5.75 Å². The average Bonchev–Trinajstić information content (AvgIpc) is 2.89. The third kappa shape index (κ3) is 4.16. The Hall–Kier alpha value is -2.00. The number of rotatable bonds is 5. The van der Waals surface area contributed by atoms with E-state index in [-0.39, 0.29) is 17.8 Å². The van der Waals surface area contributed by atoms with Gasteiger partial charge in [0.25, 0.3) is 11.1 Å². The molecule has 0 spiro atoms. The van der Waals surface area contributed by atoms with Crippen LogP contribution in [0.4, 0.5) is 10.5 Å². The van der Waals surface area contributed by atoms with Crippen LogP contribution >= 0.6 is 34.4 Å². The van der Waals surface area contributed by atoms with Crippen LogP contribution in [0, 0.1) is 3.57 Å². The molecular weight excluding hydrogens is 451 g/mol. The van der Waals surface area contributed by atoms with Crippen molar-refractivity contribution in [3.63, 3.8) is 0 Å². The van der Waals surface area contributed by atoms with Gasteiger partial charge in [-0.15, -0.1) is 0 Å². The van der Waals surface area contributed by atoms with Crippen LogP contribution in [0.1, 0.15) is 5.56 Å². The third-order valence-corrected chi connectivity index (χ3v) is 5.20. The summed E-state index contributed by atoms with van der Waals surface area (Å²) in [6.45, 7) is 0.0923. The van der Waals surface area contributed by atoms with Crippen LogP contribution in [0.3, 0.4) is 0 Å². The highest BCUT2D eigenvalue weighted by atomic mass is 127. The fourth-order valence-corrected chi connectivity index (χ4v) is 3.50. The minimum Gasteiger partial charge on any atom is -0.495 e. The number of carbonyl (C=O) groups is 2. The Bertz CT molecular complexity index is 836. The number of imide groups is 1. The lowest BCUT2D eigenvalue weighted by Gasteiger charge is -2.16. The number of para-hydroxylation sites is 2. The third-order valence-electron chi connectivity index (χ3n) is 3.58. The van der Waals surface area contributed by atoms with Crippen LogP contribution in [-0.4, -0.2) is 29.8 Å². The predicted octanol–water partition coefficient (Wildman–Crippen LogP) is 4.41. The Morgan fingerprint density at radius 1 is 1.16 bits per heavy atom. The number of methoxy groups -OCH3 is 1. The summed E-state index contributed by atoms with van der Waals surface area (Å²) in [6.07, 6.45) is 1.74. The van der Waals surface area contributed by atoms with E-state index < -0.39 is 0 Å². The highest BCUT2D eigenvalue weighted by Crippen LogP contribution is 2.32. The molecule has 1 N–H and O–H groups in total. The minimum atomic E-state index is -0.295. The van der Waals surface area contributed by atoms with Crippen molar-refractivity contribution in [2.75, 3.05) is 19.1 Å². The number of thioether (sulfide) groups is 1. The van der Waals surface area contributed by atoms with Crippen LogP contribution in [0.15, 0.2) is 53.4 Å². The van der Waals surface area contributed by atoms with Gasteiger partial charge in [-0.1, -0.05) is 24.3 Å². The Kier molecular flexibility index (Phi) is 5.64. The number of amides is 2. The Morgan fingerprint density at radius 3 is 2.60 bits per heavy atom. The topological polar surface area (TPSA) is 58.6 Å². The minimum absolute atomic E-state index is 0.0923. The molecule has 7 heteroatoms. The zero-order valence-corrected chi connectivity index (χ0v) is 16.3. The maximum Gasteiger partial charge on any atom is 0.295 e. The first-order valence-corrected chi connectivity index (χ1v) is 9.36. The number of anilines is 1. The molecule has 0 bridgehead atoms. The van der Waals surface area contributed by atoms with Crippen molar-refractivity contribution in [2.24, 2.45) is 0 Å². The second-order valence-electron chi connectivity index (χ2n) is 5.20. The molecule has 0 aliphatic carbocycles. The molecule has 0 saturated carbocycles. The zero-order chi connectivity index (χ0) is 17.8. The fourth-order valence-electron chi connectivity index (χ4n) is 2.30. The van der Waals surface area contributed by atoms with Crippen molar-refractivity contribution in [1.82, 2.24) is 4.90 Å². The van der Waals surface area contributed by atoms with E-state index in [1.807, 2.05) is 48.5 Å². The molecule has 0 unspecified atom stereocenters. The summed E-state index contributed by atoms with van der Waals surface area (Å²) in [5.41, 5.74) is 1.62. The molecule has 1 aliphatic rings. The summed E-state index contributed by atoms with van der Waals surface area (Å²) in [5.74, 6) is 0.361. The number of nitrogens with zero attached hydrogens (tertiary/aromatic N) is 1. The second-order valence-corrected chi connectivity index (χ2v) is 7.44. The van der Waals surface area contributed by atoms with Crippen LogP contribution in [0.25, 0.3) is 6.08 Å². The number of hydrogen-bond donors (Lipinski definition) is 1. The molecule has 25 heavy (non-hydrogen) atoms. The molecule has 2 aromatic rings. The van der Waals surface area contributed by atoms with Gasteiger partial charge in [0.05, 0.1) is 24.4 Å². The first-order chi connectivity index (χ1) is 12.1. The van der Waals surface area contributed by atoms with Crippen molar-refractivity contribution in [3.05, 3.63) is 62.6 Å². The van der Waals surface area contributed by atoms with Crippen LogP contribution < -0.4 is 10.1 Å². The van der Waals surface area contributed by atoms with Crippen molar-refractivity contribution >= 4 is 57.3 Å². The van der Waals surface area contributed by atoms with Gasteiger partial charge in [0.1, 0.15) is 5.75 Å². The van der Waals surface area contributed by atoms with E-state index in [0.717, 1.165) is 26.6 Å². The standard InChI is InChI=1S/C18H15IN2O3S/c1-24-15-5-3-2-4-14(15)20-11-21-17(22)16(25-18(21)23)10-12-6-8-13(19)9-7-12/h2-10,20H,11H2,1H3/b16-10+. The Labute approximate surface area is 163 Å². The maximum atomic E-state index is 12.5. The lowest BCUT2D eigenvalue weighted by molar-refractivity contribution is -0.122. The summed E-state index contributed by atoms with van der Waals surface area (Å²) in [4.78, 5) is 26.3. The molecular formula is C18H15IN2O3S. The molecule has 3 rings (SSSR count). The van der Waals surface area contributed by atoms with E-state index in [0.29, 0.717) is 10.7 Å². The monoisotopic (exact) mass is 466 g/mol. The predicted molar refractivity (Wildman–Crippen MR) is 108 cm³/mol. The van der Waals surface area contributed by atoms with Gasteiger partial charge in [0.2, 0.25) is 0 Å². The van der Waals surface area contributed by atoms with Gasteiger partial charge in [0, 0.05) is 3.57 Å². The Morgan fingerprint density at radius 2 is 1.88 bits per heavy atom. The number of halogens is 1. The van der Waals surface area contributed by atoms with Gasteiger partial charge in [-0.2, -0.15) is 0 Å². The van der Waals surface area contributed by atoms with E-state index in [1.54, 1.807) is 13.2 Å². The van der Waals surface area contributed by atoms with E-state index in [1.165, 1.54) is 4.90 Å². The Balaban J connectivity index is 1.72. The largest absolute Gasteiger partial charge is 0.495 e. The van der Waals surface area contributed by atoms with Gasteiger partial charge in [-0.3, -0.25) is 14.5 Å². The number of nitrogens with one attached hydrogen (secondary N) is 1. The number of carbonyl (C=O) groups excluding carboxylic acids is 2. The van der Waals surface area contributed by atoms with Gasteiger partial charge in [0.15, 0.2) is 0 Å². The zero-order valence-electron chi connectivity index (χ0n) is 13.4. The number of hydrogen-bond acceptors (Lipinski definition) is 5. The van der Waals surface area contributed by atoms with Gasteiger partial charge in [-0.05, 0) is 70.3 Å². The molecule has 0 aromatic heterocycles.